The molecule has 1 saturated heterocycles. The number of carbonyl (C=O) groups excluding carboxylic acids is 1. The molecule has 9 heteroatoms. The molecule has 0 radical (unpaired) electrons. The molecule has 1 aromatic heterocycles. The number of sulfonamides is 1. The van der Waals surface area contributed by atoms with E-state index in [-0.39, 0.29) is 10.8 Å². The highest BCUT2D eigenvalue weighted by Gasteiger charge is 2.26. The topological polar surface area (TPSA) is 87.5 Å². The first-order valence-electron chi connectivity index (χ1n) is 12.1. The van der Waals surface area contributed by atoms with Crippen molar-refractivity contribution >= 4 is 21.6 Å². The Morgan fingerprint density at radius 1 is 1.03 bits per heavy atom. The largest absolute Gasteiger partial charge is 0.371 e. The molecule has 0 bridgehead atoms. The molecule has 2 aromatic carbocycles. The summed E-state index contributed by atoms with van der Waals surface area (Å²) >= 11 is 0. The molecule has 1 fully saturated rings. The summed E-state index contributed by atoms with van der Waals surface area (Å²) in [6.07, 6.45) is 5.79. The fraction of sp³-hybridized carbons (Fsp3) is 0.385. The normalized spacial score (nSPS) is 14.0. The van der Waals surface area contributed by atoms with E-state index in [2.05, 4.69) is 15.3 Å². The van der Waals surface area contributed by atoms with Gasteiger partial charge in [0, 0.05) is 50.8 Å². The van der Waals surface area contributed by atoms with E-state index in [4.69, 9.17) is 0 Å². The van der Waals surface area contributed by atoms with Crippen LogP contribution >= 0.6 is 0 Å². The molecule has 0 unspecified atom stereocenters. The van der Waals surface area contributed by atoms with Crippen molar-refractivity contribution in [2.75, 3.05) is 31.1 Å². The predicted octanol–water partition coefficient (Wildman–Crippen LogP) is 3.49. The van der Waals surface area contributed by atoms with Crippen LogP contribution in [0.2, 0.25) is 0 Å². The standard InChI is InChI=1S/C26H33N5O3S/c1-3-31(4-2)35(33,34)23-12-13-25(29-15-5-6-16-29)24(18-23)26(32)27-19-21-8-10-22(11-9-21)20-30-17-7-14-28-30/h7-14,17-18H,3-6,15-16,19-20H2,1-2H3,(H,27,32). The summed E-state index contributed by atoms with van der Waals surface area (Å²) in [6.45, 7) is 7.15. The molecule has 0 aliphatic carbocycles. The smallest absolute Gasteiger partial charge is 0.253 e. The third-order valence-corrected chi connectivity index (χ3v) is 8.43. The van der Waals surface area contributed by atoms with E-state index >= 15 is 0 Å². The van der Waals surface area contributed by atoms with E-state index in [9.17, 15) is 13.2 Å². The number of hydrogen-bond donors (Lipinski definition) is 1. The van der Waals surface area contributed by atoms with Crippen molar-refractivity contribution < 1.29 is 13.2 Å². The summed E-state index contributed by atoms with van der Waals surface area (Å²) in [7, 11) is -3.66. The maximum absolute atomic E-state index is 13.3. The van der Waals surface area contributed by atoms with Crippen molar-refractivity contribution in [2.45, 2.75) is 44.7 Å². The van der Waals surface area contributed by atoms with E-state index in [1.807, 2.05) is 55.1 Å². The molecule has 0 atom stereocenters. The van der Waals surface area contributed by atoms with Crippen molar-refractivity contribution in [3.63, 3.8) is 0 Å². The quantitative estimate of drug-likeness (QED) is 0.465. The number of nitrogens with one attached hydrogen (secondary N) is 1. The van der Waals surface area contributed by atoms with E-state index in [0.717, 1.165) is 42.7 Å². The Morgan fingerprint density at radius 3 is 2.34 bits per heavy atom. The lowest BCUT2D eigenvalue weighted by Crippen LogP contribution is -2.32. The lowest BCUT2D eigenvalue weighted by Gasteiger charge is -2.23. The molecule has 8 nitrogen and oxygen atoms in total. The summed E-state index contributed by atoms with van der Waals surface area (Å²) in [5.74, 6) is -0.274. The van der Waals surface area contributed by atoms with E-state index in [0.29, 0.717) is 31.7 Å². The van der Waals surface area contributed by atoms with Crippen molar-refractivity contribution in [1.82, 2.24) is 19.4 Å². The van der Waals surface area contributed by atoms with Crippen LogP contribution in [0.3, 0.4) is 0 Å². The molecule has 1 aliphatic rings. The summed E-state index contributed by atoms with van der Waals surface area (Å²) in [5, 5.41) is 7.21. The monoisotopic (exact) mass is 495 g/mol. The molecule has 35 heavy (non-hydrogen) atoms. The van der Waals surface area contributed by atoms with Gasteiger partial charge in [-0.25, -0.2) is 8.42 Å². The van der Waals surface area contributed by atoms with Crippen molar-refractivity contribution in [1.29, 1.82) is 0 Å². The molecular weight excluding hydrogens is 462 g/mol. The van der Waals surface area contributed by atoms with Gasteiger partial charge >= 0.3 is 0 Å². The zero-order chi connectivity index (χ0) is 24.8. The van der Waals surface area contributed by atoms with Gasteiger partial charge in [0.05, 0.1) is 17.0 Å². The highest BCUT2D eigenvalue weighted by Crippen LogP contribution is 2.28. The second-order valence-corrected chi connectivity index (χ2v) is 10.6. The Balaban J connectivity index is 1.53. The fourth-order valence-corrected chi connectivity index (χ4v) is 5.91. The zero-order valence-electron chi connectivity index (χ0n) is 20.4. The number of carbonyl (C=O) groups is 1. The minimum Gasteiger partial charge on any atom is -0.371 e. The molecule has 0 spiro atoms. The van der Waals surface area contributed by atoms with Gasteiger partial charge in [0.25, 0.3) is 5.91 Å². The number of nitrogens with zero attached hydrogens (tertiary/aromatic N) is 4. The molecule has 3 aromatic rings. The summed E-state index contributed by atoms with van der Waals surface area (Å²) in [5.41, 5.74) is 3.27. The third-order valence-electron chi connectivity index (χ3n) is 6.38. The molecule has 0 saturated carbocycles. The second-order valence-electron chi connectivity index (χ2n) is 8.67. The Bertz CT molecular complexity index is 1230. The Hall–Kier alpha value is -3.17. The minimum absolute atomic E-state index is 0.150. The van der Waals surface area contributed by atoms with Gasteiger partial charge in [-0.05, 0) is 48.2 Å². The predicted molar refractivity (Wildman–Crippen MR) is 137 cm³/mol. The molecule has 1 aliphatic heterocycles. The van der Waals surface area contributed by atoms with Crippen LogP contribution in [-0.4, -0.2) is 54.6 Å². The van der Waals surface area contributed by atoms with Gasteiger partial charge in [-0.3, -0.25) is 9.48 Å². The van der Waals surface area contributed by atoms with Gasteiger partial charge < -0.3 is 10.2 Å². The Kier molecular flexibility index (Phi) is 7.87. The van der Waals surface area contributed by atoms with E-state index < -0.39 is 10.0 Å². The van der Waals surface area contributed by atoms with Crippen LogP contribution in [0, 0.1) is 0 Å². The van der Waals surface area contributed by atoms with Crippen molar-refractivity contribution in [3.05, 3.63) is 77.6 Å². The lowest BCUT2D eigenvalue weighted by atomic mass is 10.1. The molecule has 186 valence electrons. The third kappa shape index (κ3) is 5.74. The van der Waals surface area contributed by atoms with Crippen LogP contribution < -0.4 is 10.2 Å². The number of rotatable bonds is 10. The van der Waals surface area contributed by atoms with Gasteiger partial charge in [0.2, 0.25) is 10.0 Å². The van der Waals surface area contributed by atoms with Crippen LogP contribution in [-0.2, 0) is 23.1 Å². The van der Waals surface area contributed by atoms with Crippen LogP contribution in [0.1, 0.15) is 48.2 Å². The fourth-order valence-electron chi connectivity index (χ4n) is 4.42. The van der Waals surface area contributed by atoms with Gasteiger partial charge in [0.1, 0.15) is 0 Å². The SMILES string of the molecule is CCN(CC)S(=O)(=O)c1ccc(N2CCCC2)c(C(=O)NCc2ccc(Cn3cccn3)cc2)c1. The van der Waals surface area contributed by atoms with Gasteiger partial charge in [-0.15, -0.1) is 0 Å². The first-order chi connectivity index (χ1) is 16.9. The first kappa shape index (κ1) is 24.9. The van der Waals surface area contributed by atoms with Crippen molar-refractivity contribution in [2.24, 2.45) is 0 Å². The zero-order valence-corrected chi connectivity index (χ0v) is 21.2. The minimum atomic E-state index is -3.66. The second kappa shape index (κ2) is 11.0. The summed E-state index contributed by atoms with van der Waals surface area (Å²) in [6, 6.07) is 14.8. The number of anilines is 1. The average Bonchev–Trinajstić information content (AvgIpc) is 3.58. The van der Waals surface area contributed by atoms with Crippen LogP contribution in [0.5, 0.6) is 0 Å². The number of benzene rings is 2. The maximum Gasteiger partial charge on any atom is 0.253 e. The Labute approximate surface area is 207 Å². The molecule has 1 amide bonds. The van der Waals surface area contributed by atoms with E-state index in [1.54, 1.807) is 18.3 Å². The van der Waals surface area contributed by atoms with Crippen LogP contribution in [0.4, 0.5) is 5.69 Å². The van der Waals surface area contributed by atoms with Gasteiger partial charge in [-0.1, -0.05) is 38.1 Å². The van der Waals surface area contributed by atoms with Gasteiger partial charge in [-0.2, -0.15) is 9.40 Å². The molecule has 2 heterocycles. The number of hydrogen-bond acceptors (Lipinski definition) is 5. The van der Waals surface area contributed by atoms with Crippen molar-refractivity contribution in [3.8, 4) is 0 Å². The number of aromatic nitrogens is 2. The highest BCUT2D eigenvalue weighted by atomic mass is 32.2. The maximum atomic E-state index is 13.3. The molecular formula is C26H33N5O3S. The summed E-state index contributed by atoms with van der Waals surface area (Å²) in [4.78, 5) is 15.6. The molecule has 1 N–H and O–H groups in total. The number of amides is 1. The average molecular weight is 496 g/mol. The van der Waals surface area contributed by atoms with E-state index in [1.165, 1.54) is 10.4 Å². The Morgan fingerprint density at radius 2 is 1.71 bits per heavy atom. The highest BCUT2D eigenvalue weighted by molar-refractivity contribution is 7.89. The first-order valence-corrected chi connectivity index (χ1v) is 13.6. The lowest BCUT2D eigenvalue weighted by molar-refractivity contribution is 0.0951. The molecule has 4 rings (SSSR count). The summed E-state index contributed by atoms with van der Waals surface area (Å²) < 4.78 is 29.5. The van der Waals surface area contributed by atoms with Gasteiger partial charge in [0.15, 0.2) is 0 Å². The van der Waals surface area contributed by atoms with Crippen LogP contribution in [0.25, 0.3) is 0 Å². The van der Waals surface area contributed by atoms with Crippen LogP contribution in [0.15, 0.2) is 65.8 Å².